The molecule has 0 aliphatic carbocycles. The lowest BCUT2D eigenvalue weighted by Gasteiger charge is -2.31. The third kappa shape index (κ3) is 5.12. The van der Waals surface area contributed by atoms with Gasteiger partial charge in [-0.2, -0.15) is 0 Å². The number of rotatable bonds is 8. The van der Waals surface area contributed by atoms with Crippen LogP contribution in [0.1, 0.15) is 51.5 Å². The van der Waals surface area contributed by atoms with Crippen molar-refractivity contribution in [2.24, 2.45) is 5.92 Å². The smallest absolute Gasteiger partial charge is 0.0243 e. The average molecular weight is 288 g/mol. The van der Waals surface area contributed by atoms with Crippen LogP contribution < -0.4 is 5.32 Å². The van der Waals surface area contributed by atoms with E-state index in [1.54, 1.807) is 0 Å². The van der Waals surface area contributed by atoms with Gasteiger partial charge in [0.25, 0.3) is 0 Å². The molecule has 2 rings (SSSR count). The SMILES string of the molecule is CC(CCNCC(C(C)C)N1CCCC1)c1ccccc1. The zero-order valence-corrected chi connectivity index (χ0v) is 14.0. The molecule has 1 heterocycles. The molecular weight excluding hydrogens is 256 g/mol. The van der Waals surface area contributed by atoms with E-state index in [4.69, 9.17) is 0 Å². The van der Waals surface area contributed by atoms with Crippen molar-refractivity contribution in [1.82, 2.24) is 10.2 Å². The molecule has 1 fully saturated rings. The first-order chi connectivity index (χ1) is 10.2. The van der Waals surface area contributed by atoms with Crippen LogP contribution in [0.3, 0.4) is 0 Å². The van der Waals surface area contributed by atoms with Gasteiger partial charge in [0.15, 0.2) is 0 Å². The quantitative estimate of drug-likeness (QED) is 0.730. The maximum Gasteiger partial charge on any atom is 0.0243 e. The van der Waals surface area contributed by atoms with Gasteiger partial charge in [-0.3, -0.25) is 4.90 Å². The Balaban J connectivity index is 1.70. The molecular formula is C19H32N2. The summed E-state index contributed by atoms with van der Waals surface area (Å²) in [4.78, 5) is 2.68. The predicted molar refractivity (Wildman–Crippen MR) is 91.8 cm³/mol. The lowest BCUT2D eigenvalue weighted by atomic mass is 9.97. The molecule has 1 aromatic rings. The van der Waals surface area contributed by atoms with Crippen LogP contribution in [-0.2, 0) is 0 Å². The zero-order chi connectivity index (χ0) is 15.1. The van der Waals surface area contributed by atoms with Crippen molar-refractivity contribution >= 4 is 0 Å². The summed E-state index contributed by atoms with van der Waals surface area (Å²) in [5.74, 6) is 1.38. The van der Waals surface area contributed by atoms with E-state index in [-0.39, 0.29) is 0 Å². The molecule has 0 bridgehead atoms. The molecule has 2 heteroatoms. The third-order valence-electron chi connectivity index (χ3n) is 4.86. The van der Waals surface area contributed by atoms with Gasteiger partial charge in [0.1, 0.15) is 0 Å². The van der Waals surface area contributed by atoms with Crippen molar-refractivity contribution in [2.45, 2.75) is 52.0 Å². The molecule has 1 aliphatic rings. The second-order valence-corrected chi connectivity index (χ2v) is 6.86. The van der Waals surface area contributed by atoms with Gasteiger partial charge >= 0.3 is 0 Å². The zero-order valence-electron chi connectivity index (χ0n) is 14.0. The molecule has 1 aliphatic heterocycles. The Morgan fingerprint density at radius 3 is 2.33 bits per heavy atom. The maximum absolute atomic E-state index is 3.70. The molecule has 0 spiro atoms. The first-order valence-electron chi connectivity index (χ1n) is 8.68. The van der Waals surface area contributed by atoms with Gasteiger partial charge in [0.2, 0.25) is 0 Å². The summed E-state index contributed by atoms with van der Waals surface area (Å²) in [6.45, 7) is 11.9. The van der Waals surface area contributed by atoms with Crippen molar-refractivity contribution in [3.63, 3.8) is 0 Å². The summed E-state index contributed by atoms with van der Waals surface area (Å²) < 4.78 is 0. The van der Waals surface area contributed by atoms with Gasteiger partial charge in [-0.1, -0.05) is 51.1 Å². The van der Waals surface area contributed by atoms with Gasteiger partial charge in [0.05, 0.1) is 0 Å². The number of hydrogen-bond acceptors (Lipinski definition) is 2. The second-order valence-electron chi connectivity index (χ2n) is 6.86. The molecule has 118 valence electrons. The molecule has 1 aromatic carbocycles. The summed E-state index contributed by atoms with van der Waals surface area (Å²) in [5.41, 5.74) is 1.46. The molecule has 1 saturated heterocycles. The first kappa shape index (κ1) is 16.5. The van der Waals surface area contributed by atoms with Crippen molar-refractivity contribution in [1.29, 1.82) is 0 Å². The minimum absolute atomic E-state index is 0.642. The summed E-state index contributed by atoms with van der Waals surface area (Å²) in [6, 6.07) is 11.6. The Morgan fingerprint density at radius 1 is 1.05 bits per heavy atom. The molecule has 0 saturated carbocycles. The second kappa shape index (κ2) is 8.55. The van der Waals surface area contributed by atoms with Gasteiger partial charge < -0.3 is 5.32 Å². The summed E-state index contributed by atoms with van der Waals surface area (Å²) in [5, 5.41) is 3.70. The fourth-order valence-electron chi connectivity index (χ4n) is 3.38. The van der Waals surface area contributed by atoms with Gasteiger partial charge in [0, 0.05) is 12.6 Å². The molecule has 21 heavy (non-hydrogen) atoms. The van der Waals surface area contributed by atoms with E-state index in [2.05, 4.69) is 61.3 Å². The average Bonchev–Trinajstić information content (AvgIpc) is 3.01. The predicted octanol–water partition coefficient (Wildman–Crippen LogP) is 3.89. The van der Waals surface area contributed by atoms with E-state index in [0.717, 1.165) is 19.0 Å². The van der Waals surface area contributed by atoms with Crippen LogP contribution in [-0.4, -0.2) is 37.1 Å². The minimum Gasteiger partial charge on any atom is -0.315 e. The van der Waals surface area contributed by atoms with E-state index in [9.17, 15) is 0 Å². The number of nitrogens with zero attached hydrogens (tertiary/aromatic N) is 1. The van der Waals surface area contributed by atoms with Gasteiger partial charge in [-0.15, -0.1) is 0 Å². The fraction of sp³-hybridized carbons (Fsp3) is 0.684. The van der Waals surface area contributed by atoms with Crippen LogP contribution in [0.25, 0.3) is 0 Å². The Labute approximate surface area is 130 Å². The Bertz CT molecular complexity index is 382. The highest BCUT2D eigenvalue weighted by atomic mass is 15.2. The monoisotopic (exact) mass is 288 g/mol. The Morgan fingerprint density at radius 2 is 1.71 bits per heavy atom. The van der Waals surface area contributed by atoms with E-state index in [1.165, 1.54) is 37.9 Å². The lowest BCUT2D eigenvalue weighted by molar-refractivity contribution is 0.186. The molecule has 2 atom stereocenters. The van der Waals surface area contributed by atoms with Crippen LogP contribution in [0.4, 0.5) is 0 Å². The standard InChI is InChI=1S/C19H32N2/c1-16(2)19(21-13-7-8-14-21)15-20-12-11-17(3)18-9-5-4-6-10-18/h4-6,9-10,16-17,19-20H,7-8,11-15H2,1-3H3. The topological polar surface area (TPSA) is 15.3 Å². The molecule has 0 aromatic heterocycles. The maximum atomic E-state index is 3.70. The lowest BCUT2D eigenvalue weighted by Crippen LogP contribution is -2.44. The Kier molecular flexibility index (Phi) is 6.72. The summed E-state index contributed by atoms with van der Waals surface area (Å²) in [7, 11) is 0. The van der Waals surface area contributed by atoms with E-state index >= 15 is 0 Å². The van der Waals surface area contributed by atoms with Gasteiger partial charge in [-0.05, 0) is 56.3 Å². The molecule has 0 radical (unpaired) electrons. The highest BCUT2D eigenvalue weighted by Crippen LogP contribution is 2.19. The number of likely N-dealkylation sites (tertiary alicyclic amines) is 1. The van der Waals surface area contributed by atoms with Crippen molar-refractivity contribution in [3.05, 3.63) is 35.9 Å². The van der Waals surface area contributed by atoms with Gasteiger partial charge in [-0.25, -0.2) is 0 Å². The fourth-order valence-corrected chi connectivity index (χ4v) is 3.38. The minimum atomic E-state index is 0.642. The van der Waals surface area contributed by atoms with Crippen molar-refractivity contribution in [2.75, 3.05) is 26.2 Å². The highest BCUT2D eigenvalue weighted by Gasteiger charge is 2.23. The van der Waals surface area contributed by atoms with Crippen molar-refractivity contribution < 1.29 is 0 Å². The molecule has 1 N–H and O–H groups in total. The number of benzene rings is 1. The van der Waals surface area contributed by atoms with Crippen LogP contribution in [0.15, 0.2) is 30.3 Å². The first-order valence-corrected chi connectivity index (χ1v) is 8.68. The van der Waals surface area contributed by atoms with E-state index < -0.39 is 0 Å². The number of nitrogens with one attached hydrogen (secondary N) is 1. The largest absolute Gasteiger partial charge is 0.315 e. The van der Waals surface area contributed by atoms with E-state index in [0.29, 0.717) is 12.0 Å². The van der Waals surface area contributed by atoms with Crippen LogP contribution in [0.5, 0.6) is 0 Å². The normalized spacial score (nSPS) is 19.0. The van der Waals surface area contributed by atoms with E-state index in [1.807, 2.05) is 0 Å². The van der Waals surface area contributed by atoms with Crippen molar-refractivity contribution in [3.8, 4) is 0 Å². The molecule has 2 unspecified atom stereocenters. The highest BCUT2D eigenvalue weighted by molar-refractivity contribution is 5.18. The molecule has 2 nitrogen and oxygen atoms in total. The number of hydrogen-bond donors (Lipinski definition) is 1. The van der Waals surface area contributed by atoms with Crippen LogP contribution >= 0.6 is 0 Å². The Hall–Kier alpha value is -0.860. The summed E-state index contributed by atoms with van der Waals surface area (Å²) >= 11 is 0. The summed E-state index contributed by atoms with van der Waals surface area (Å²) in [6.07, 6.45) is 3.98. The van der Waals surface area contributed by atoms with Crippen LogP contribution in [0, 0.1) is 5.92 Å². The molecule has 0 amide bonds. The third-order valence-corrected chi connectivity index (χ3v) is 4.86. The van der Waals surface area contributed by atoms with Crippen LogP contribution in [0.2, 0.25) is 0 Å².